The highest BCUT2D eigenvalue weighted by Crippen LogP contribution is 2.12. The van der Waals surface area contributed by atoms with Crippen molar-refractivity contribution in [3.05, 3.63) is 36.0 Å². The minimum Gasteiger partial charge on any atom is -0.481 e. The smallest absolute Gasteiger partial charge is 0.252 e. The highest BCUT2D eigenvalue weighted by atomic mass is 16.5. The quantitative estimate of drug-likeness (QED) is 0.886. The van der Waals surface area contributed by atoms with Gasteiger partial charge in [0.25, 0.3) is 5.91 Å². The molecule has 1 N–H and O–H groups in total. The van der Waals surface area contributed by atoms with Gasteiger partial charge in [0.1, 0.15) is 6.33 Å². The number of aromatic nitrogens is 4. The van der Waals surface area contributed by atoms with Crippen LogP contribution in [0.2, 0.25) is 0 Å². The average Bonchev–Trinajstić information content (AvgIpc) is 2.95. The van der Waals surface area contributed by atoms with Crippen LogP contribution < -0.4 is 10.1 Å². The maximum Gasteiger partial charge on any atom is 0.252 e. The molecule has 0 aliphatic carbocycles. The van der Waals surface area contributed by atoms with E-state index in [9.17, 15) is 4.79 Å². The lowest BCUT2D eigenvalue weighted by molar-refractivity contribution is 0.0937. The third kappa shape index (κ3) is 2.93. The Bertz CT molecular complexity index is 596. The number of rotatable bonds is 5. The largest absolute Gasteiger partial charge is 0.481 e. The summed E-state index contributed by atoms with van der Waals surface area (Å²) in [5, 5.41) is 10.8. The monoisotopic (exact) mass is 275 g/mol. The topological polar surface area (TPSA) is 81.9 Å². The van der Waals surface area contributed by atoms with Crippen molar-refractivity contribution in [2.24, 2.45) is 0 Å². The molecule has 7 nitrogen and oxygen atoms in total. The lowest BCUT2D eigenvalue weighted by Gasteiger charge is -2.14. The van der Waals surface area contributed by atoms with Crippen LogP contribution >= 0.6 is 0 Å². The molecular formula is C13H17N5O2. The molecule has 1 unspecified atom stereocenters. The van der Waals surface area contributed by atoms with Gasteiger partial charge < -0.3 is 14.6 Å². The number of amides is 1. The third-order valence-electron chi connectivity index (χ3n) is 2.93. The maximum atomic E-state index is 12.2. The Morgan fingerprint density at radius 2 is 2.35 bits per heavy atom. The van der Waals surface area contributed by atoms with Gasteiger partial charge >= 0.3 is 0 Å². The van der Waals surface area contributed by atoms with E-state index in [0.29, 0.717) is 11.4 Å². The summed E-state index contributed by atoms with van der Waals surface area (Å²) in [5.41, 5.74) is 0.492. The second-order valence-electron chi connectivity index (χ2n) is 4.26. The lowest BCUT2D eigenvalue weighted by Crippen LogP contribution is -2.28. The molecule has 0 aromatic carbocycles. The Morgan fingerprint density at radius 1 is 1.55 bits per heavy atom. The van der Waals surface area contributed by atoms with Crippen LogP contribution in [-0.4, -0.2) is 32.8 Å². The molecule has 1 amide bonds. The van der Waals surface area contributed by atoms with Crippen LogP contribution in [0.3, 0.4) is 0 Å². The molecular weight excluding hydrogens is 258 g/mol. The van der Waals surface area contributed by atoms with Gasteiger partial charge in [0, 0.05) is 24.4 Å². The van der Waals surface area contributed by atoms with E-state index in [0.717, 1.165) is 12.4 Å². The minimum atomic E-state index is -0.232. The Labute approximate surface area is 117 Å². The van der Waals surface area contributed by atoms with Gasteiger partial charge in [-0.3, -0.25) is 4.79 Å². The molecule has 2 aromatic rings. The number of carbonyl (C=O) groups is 1. The van der Waals surface area contributed by atoms with Crippen LogP contribution in [0.25, 0.3) is 0 Å². The van der Waals surface area contributed by atoms with E-state index >= 15 is 0 Å². The second kappa shape index (κ2) is 6.14. The SMILES string of the molecule is CCn1cnnc1C(C)NC(=O)c1ccnc(OC)c1. The molecule has 1 atom stereocenters. The zero-order valence-electron chi connectivity index (χ0n) is 11.7. The molecule has 2 heterocycles. The second-order valence-corrected chi connectivity index (χ2v) is 4.26. The Balaban J connectivity index is 2.11. The molecule has 0 saturated heterocycles. The van der Waals surface area contributed by atoms with Crippen molar-refractivity contribution >= 4 is 5.91 Å². The number of hydrogen-bond donors (Lipinski definition) is 1. The summed E-state index contributed by atoms with van der Waals surface area (Å²) in [7, 11) is 1.51. The molecule has 2 aromatic heterocycles. The van der Waals surface area contributed by atoms with Crippen molar-refractivity contribution in [2.75, 3.05) is 7.11 Å². The summed E-state index contributed by atoms with van der Waals surface area (Å²) >= 11 is 0. The fourth-order valence-corrected chi connectivity index (χ4v) is 1.85. The van der Waals surface area contributed by atoms with Crippen molar-refractivity contribution in [3.8, 4) is 5.88 Å². The molecule has 0 radical (unpaired) electrons. The number of aryl methyl sites for hydroxylation is 1. The third-order valence-corrected chi connectivity index (χ3v) is 2.93. The van der Waals surface area contributed by atoms with E-state index in [2.05, 4.69) is 20.5 Å². The molecule has 7 heteroatoms. The van der Waals surface area contributed by atoms with E-state index in [-0.39, 0.29) is 11.9 Å². The lowest BCUT2D eigenvalue weighted by atomic mass is 10.2. The number of pyridine rings is 1. The van der Waals surface area contributed by atoms with Gasteiger partial charge in [0.15, 0.2) is 5.82 Å². The predicted octanol–water partition coefficient (Wildman–Crippen LogP) is 1.19. The van der Waals surface area contributed by atoms with Gasteiger partial charge in [-0.2, -0.15) is 0 Å². The Morgan fingerprint density at radius 3 is 3.05 bits per heavy atom. The van der Waals surface area contributed by atoms with Crippen LogP contribution in [0.15, 0.2) is 24.7 Å². The Kier molecular flexibility index (Phi) is 4.29. The van der Waals surface area contributed by atoms with E-state index in [1.807, 2.05) is 18.4 Å². The summed E-state index contributed by atoms with van der Waals surface area (Å²) in [6.45, 7) is 4.62. The summed E-state index contributed by atoms with van der Waals surface area (Å²) in [5.74, 6) is 0.924. The van der Waals surface area contributed by atoms with Crippen molar-refractivity contribution in [2.45, 2.75) is 26.4 Å². The van der Waals surface area contributed by atoms with Crippen molar-refractivity contribution < 1.29 is 9.53 Å². The molecule has 0 saturated carbocycles. The molecule has 0 aliphatic rings. The number of nitrogens with one attached hydrogen (secondary N) is 1. The molecule has 0 bridgehead atoms. The first-order valence-electron chi connectivity index (χ1n) is 6.34. The van der Waals surface area contributed by atoms with Gasteiger partial charge in [-0.05, 0) is 19.9 Å². The first-order valence-corrected chi connectivity index (χ1v) is 6.34. The molecule has 20 heavy (non-hydrogen) atoms. The van der Waals surface area contributed by atoms with Crippen molar-refractivity contribution in [1.29, 1.82) is 0 Å². The number of hydrogen-bond acceptors (Lipinski definition) is 5. The summed E-state index contributed by atoms with van der Waals surface area (Å²) < 4.78 is 6.89. The van der Waals surface area contributed by atoms with Crippen LogP contribution in [0.1, 0.15) is 36.1 Å². The van der Waals surface area contributed by atoms with Gasteiger partial charge in [0.2, 0.25) is 5.88 Å². The van der Waals surface area contributed by atoms with Gasteiger partial charge in [-0.1, -0.05) is 0 Å². The fraction of sp³-hybridized carbons (Fsp3) is 0.385. The van der Waals surface area contributed by atoms with Crippen molar-refractivity contribution in [3.63, 3.8) is 0 Å². The first-order chi connectivity index (χ1) is 9.65. The van der Waals surface area contributed by atoms with Gasteiger partial charge in [-0.25, -0.2) is 4.98 Å². The molecule has 2 rings (SSSR count). The maximum absolute atomic E-state index is 12.2. The minimum absolute atomic E-state index is 0.205. The number of ether oxygens (including phenoxy) is 1. The van der Waals surface area contributed by atoms with Crippen LogP contribution in [0.5, 0.6) is 5.88 Å². The van der Waals surface area contributed by atoms with E-state index in [4.69, 9.17) is 4.74 Å². The van der Waals surface area contributed by atoms with Crippen LogP contribution in [-0.2, 0) is 6.54 Å². The highest BCUT2D eigenvalue weighted by molar-refractivity contribution is 5.94. The predicted molar refractivity (Wildman–Crippen MR) is 72.4 cm³/mol. The Hall–Kier alpha value is -2.44. The molecule has 0 spiro atoms. The number of nitrogens with zero attached hydrogens (tertiary/aromatic N) is 4. The summed E-state index contributed by atoms with van der Waals surface area (Å²) in [4.78, 5) is 16.1. The standard InChI is InChI=1S/C13H17N5O2/c1-4-18-8-15-17-12(18)9(2)16-13(19)10-5-6-14-11(7-10)20-3/h5-9H,4H2,1-3H3,(H,16,19). The average molecular weight is 275 g/mol. The molecule has 0 aliphatic heterocycles. The van der Waals surface area contributed by atoms with Gasteiger partial charge in [-0.15, -0.1) is 10.2 Å². The van der Waals surface area contributed by atoms with E-state index in [1.165, 1.54) is 13.3 Å². The van der Waals surface area contributed by atoms with Gasteiger partial charge in [0.05, 0.1) is 13.2 Å². The normalized spacial score (nSPS) is 11.9. The van der Waals surface area contributed by atoms with Crippen LogP contribution in [0, 0.1) is 0 Å². The fourth-order valence-electron chi connectivity index (χ4n) is 1.85. The number of methoxy groups -OCH3 is 1. The summed E-state index contributed by atoms with van der Waals surface area (Å²) in [6.07, 6.45) is 3.18. The highest BCUT2D eigenvalue weighted by Gasteiger charge is 2.16. The zero-order chi connectivity index (χ0) is 14.5. The van der Waals surface area contributed by atoms with E-state index in [1.54, 1.807) is 18.5 Å². The van der Waals surface area contributed by atoms with Crippen molar-refractivity contribution in [1.82, 2.24) is 25.1 Å². The molecule has 0 fully saturated rings. The molecule has 106 valence electrons. The van der Waals surface area contributed by atoms with Crippen LogP contribution in [0.4, 0.5) is 0 Å². The first kappa shape index (κ1) is 14.0. The number of carbonyl (C=O) groups excluding carboxylic acids is 1. The zero-order valence-corrected chi connectivity index (χ0v) is 11.7. The summed E-state index contributed by atoms with van der Waals surface area (Å²) in [6, 6.07) is 2.99. The van der Waals surface area contributed by atoms with E-state index < -0.39 is 0 Å².